The molecule has 0 saturated heterocycles. The first-order valence-corrected chi connectivity index (χ1v) is 6.69. The molecule has 19 heavy (non-hydrogen) atoms. The van der Waals surface area contributed by atoms with Crippen LogP contribution in [0.25, 0.3) is 0 Å². The van der Waals surface area contributed by atoms with Crippen molar-refractivity contribution in [3.63, 3.8) is 0 Å². The fourth-order valence-corrected chi connectivity index (χ4v) is 1.85. The van der Waals surface area contributed by atoms with E-state index >= 15 is 0 Å². The predicted octanol–water partition coefficient (Wildman–Crippen LogP) is -3.36. The van der Waals surface area contributed by atoms with Crippen LogP contribution >= 0.6 is 0 Å². The van der Waals surface area contributed by atoms with Crippen molar-refractivity contribution in [2.24, 2.45) is 4.47 Å². The molecule has 0 atom stereocenters. The fraction of sp³-hybridized carbons (Fsp3) is 0. The molecule has 12 nitrogen and oxygen atoms in total. The number of imide groups is 1. The van der Waals surface area contributed by atoms with Crippen molar-refractivity contribution in [1.29, 1.82) is 0 Å². The van der Waals surface area contributed by atoms with E-state index in [2.05, 4.69) is 4.47 Å². The number of carbonyl (C=O) groups is 3. The Labute approximate surface area is 107 Å². The summed E-state index contributed by atoms with van der Waals surface area (Å²) >= 11 is 0. The van der Waals surface area contributed by atoms with Gasteiger partial charge < -0.3 is 5.32 Å². The summed E-state index contributed by atoms with van der Waals surface area (Å²) in [5.74, 6) is -1.70. The number of amides is 4. The molecule has 0 aromatic carbocycles. The van der Waals surface area contributed by atoms with Crippen LogP contribution < -0.4 is 20.2 Å². The van der Waals surface area contributed by atoms with E-state index in [4.69, 9.17) is 0 Å². The molecule has 0 aromatic heterocycles. The Morgan fingerprint density at radius 2 is 1.95 bits per heavy atom. The normalized spacial score (nSPS) is 14.4. The Morgan fingerprint density at radius 1 is 1.32 bits per heavy atom. The van der Waals surface area contributed by atoms with Crippen molar-refractivity contribution in [1.82, 2.24) is 20.2 Å². The maximum atomic E-state index is 11.1. The minimum absolute atomic E-state index is 0.470. The molecule has 4 N–H and O–H groups in total. The number of nitrogens with zero attached hydrogens (tertiary/aromatic N) is 1. The minimum atomic E-state index is -4.56. The van der Waals surface area contributed by atoms with E-state index in [1.54, 1.807) is 10.6 Å². The standard InChI is InChI=1S/C5H5N5O7S2/c11-3-1-2(4(12)7-3)6-5(13)8-19(16,17)10-9-18(14)15/h1,10H,(H3,6,7,8,11,12,13). The minimum Gasteiger partial charge on any atom is -0.302 e. The van der Waals surface area contributed by atoms with Crippen LogP contribution in [-0.2, 0) is 30.3 Å². The molecule has 0 fully saturated rings. The highest BCUT2D eigenvalue weighted by molar-refractivity contribution is 7.88. The summed E-state index contributed by atoms with van der Waals surface area (Å²) in [6.45, 7) is 0. The zero-order chi connectivity index (χ0) is 14.6. The Bertz CT molecular complexity index is 694. The average Bonchev–Trinajstić information content (AvgIpc) is 2.54. The van der Waals surface area contributed by atoms with E-state index in [0.717, 1.165) is 10.9 Å². The van der Waals surface area contributed by atoms with Crippen molar-refractivity contribution in [3.05, 3.63) is 11.8 Å². The van der Waals surface area contributed by atoms with E-state index < -0.39 is 44.3 Å². The molecule has 1 heterocycles. The second kappa shape index (κ2) is 5.55. The van der Waals surface area contributed by atoms with Gasteiger partial charge in [0.25, 0.3) is 11.8 Å². The summed E-state index contributed by atoms with van der Waals surface area (Å²) in [6, 6.07) is -1.39. The Morgan fingerprint density at radius 3 is 2.42 bits per heavy atom. The molecular formula is C5H5N5O7S2. The molecule has 0 aliphatic carbocycles. The van der Waals surface area contributed by atoms with Gasteiger partial charge in [0.1, 0.15) is 5.70 Å². The van der Waals surface area contributed by atoms with Gasteiger partial charge in [0.15, 0.2) is 0 Å². The van der Waals surface area contributed by atoms with E-state index in [1.807, 2.05) is 0 Å². The van der Waals surface area contributed by atoms with Gasteiger partial charge in [-0.15, -0.1) is 0 Å². The van der Waals surface area contributed by atoms with Crippen molar-refractivity contribution >= 4 is 38.6 Å². The molecule has 1 aliphatic heterocycles. The first kappa shape index (κ1) is 14.7. The average molecular weight is 311 g/mol. The number of urea groups is 1. The highest BCUT2D eigenvalue weighted by atomic mass is 32.2. The van der Waals surface area contributed by atoms with Crippen LogP contribution in [0.1, 0.15) is 0 Å². The topological polar surface area (TPSA) is 180 Å². The fourth-order valence-electron chi connectivity index (χ4n) is 0.877. The molecule has 4 amide bonds. The van der Waals surface area contributed by atoms with Gasteiger partial charge in [0, 0.05) is 6.08 Å². The molecule has 0 saturated carbocycles. The zero-order valence-electron chi connectivity index (χ0n) is 8.70. The van der Waals surface area contributed by atoms with Crippen molar-refractivity contribution < 1.29 is 31.2 Å². The predicted molar refractivity (Wildman–Crippen MR) is 56.3 cm³/mol. The van der Waals surface area contributed by atoms with Crippen molar-refractivity contribution in [2.75, 3.05) is 0 Å². The lowest BCUT2D eigenvalue weighted by molar-refractivity contribution is -0.123. The van der Waals surface area contributed by atoms with Gasteiger partial charge in [-0.3, -0.25) is 14.9 Å². The molecule has 0 unspecified atom stereocenters. The maximum absolute atomic E-state index is 11.1. The molecule has 1 rings (SSSR count). The highest BCUT2D eigenvalue weighted by Gasteiger charge is 2.24. The zero-order valence-corrected chi connectivity index (χ0v) is 10.3. The highest BCUT2D eigenvalue weighted by Crippen LogP contribution is 1.97. The van der Waals surface area contributed by atoms with Crippen LogP contribution in [-0.4, -0.2) is 34.7 Å². The molecule has 14 heteroatoms. The Kier molecular flexibility index (Phi) is 4.30. The largest absolute Gasteiger partial charge is 0.334 e. The summed E-state index contributed by atoms with van der Waals surface area (Å²) in [4.78, 5) is 34.0. The van der Waals surface area contributed by atoms with E-state index in [0.29, 0.717) is 0 Å². The summed E-state index contributed by atoms with van der Waals surface area (Å²) < 4.78 is 45.7. The third kappa shape index (κ3) is 4.82. The number of carbonyl (C=O) groups excluding carboxylic acids is 3. The third-order valence-corrected chi connectivity index (χ3v) is 2.61. The van der Waals surface area contributed by atoms with Crippen LogP contribution in [0.3, 0.4) is 0 Å². The molecule has 104 valence electrons. The molecule has 0 aromatic rings. The lowest BCUT2D eigenvalue weighted by Gasteiger charge is -2.05. The van der Waals surface area contributed by atoms with Crippen LogP contribution in [0.15, 0.2) is 16.2 Å². The summed E-state index contributed by atoms with van der Waals surface area (Å²) in [5.41, 5.74) is -0.470. The molecule has 0 radical (unpaired) electrons. The van der Waals surface area contributed by atoms with E-state index in [1.165, 1.54) is 4.72 Å². The van der Waals surface area contributed by atoms with Gasteiger partial charge in [-0.25, -0.2) is 9.52 Å². The van der Waals surface area contributed by atoms with Crippen molar-refractivity contribution in [2.45, 2.75) is 0 Å². The van der Waals surface area contributed by atoms with Crippen LogP contribution in [0.4, 0.5) is 4.79 Å². The van der Waals surface area contributed by atoms with E-state index in [-0.39, 0.29) is 0 Å². The second-order valence-corrected chi connectivity index (χ2v) is 4.85. The SMILES string of the molecule is O=C1C=C(NC(=O)NS(=O)(=O)NN=S(=O)=O)C(=O)N1. The first-order valence-electron chi connectivity index (χ1n) is 4.17. The Balaban J connectivity index is 2.66. The third-order valence-electron chi connectivity index (χ3n) is 1.46. The van der Waals surface area contributed by atoms with Gasteiger partial charge >= 0.3 is 26.7 Å². The van der Waals surface area contributed by atoms with Gasteiger partial charge in [-0.1, -0.05) is 9.30 Å². The number of hydrogen-bond acceptors (Lipinski definition) is 8. The smallest absolute Gasteiger partial charge is 0.302 e. The summed E-state index contributed by atoms with van der Waals surface area (Å²) in [7, 11) is -7.61. The molecular weight excluding hydrogens is 306 g/mol. The van der Waals surface area contributed by atoms with Crippen LogP contribution in [0, 0.1) is 0 Å². The summed E-state index contributed by atoms with van der Waals surface area (Å²) in [6.07, 6.45) is 0.735. The Hall–Kier alpha value is -2.32. The monoisotopic (exact) mass is 311 g/mol. The lowest BCUT2D eigenvalue weighted by atomic mass is 10.4. The maximum Gasteiger partial charge on any atom is 0.334 e. The second-order valence-electron chi connectivity index (χ2n) is 2.84. The first-order chi connectivity index (χ1) is 8.69. The van der Waals surface area contributed by atoms with Crippen LogP contribution in [0.5, 0.6) is 0 Å². The number of rotatable bonds is 4. The van der Waals surface area contributed by atoms with Gasteiger partial charge in [0.2, 0.25) is 0 Å². The van der Waals surface area contributed by atoms with Gasteiger partial charge in [-0.2, -0.15) is 16.8 Å². The number of hydrogen-bond donors (Lipinski definition) is 4. The molecule has 0 spiro atoms. The van der Waals surface area contributed by atoms with Gasteiger partial charge in [0.05, 0.1) is 0 Å². The number of nitrogens with one attached hydrogen (secondary N) is 4. The van der Waals surface area contributed by atoms with Crippen LogP contribution in [0.2, 0.25) is 0 Å². The molecule has 1 aliphatic rings. The van der Waals surface area contributed by atoms with E-state index in [9.17, 15) is 31.2 Å². The lowest BCUT2D eigenvalue weighted by Crippen LogP contribution is -2.44. The quantitative estimate of drug-likeness (QED) is 0.309. The van der Waals surface area contributed by atoms with Crippen molar-refractivity contribution in [3.8, 4) is 0 Å². The summed E-state index contributed by atoms with van der Waals surface area (Å²) in [5, 5.41) is 3.56. The molecule has 0 bridgehead atoms. The van der Waals surface area contributed by atoms with Gasteiger partial charge in [-0.05, 0) is 0 Å².